The first kappa shape index (κ1) is 18.5. The average Bonchev–Trinajstić information content (AvgIpc) is 2.90. The highest BCUT2D eigenvalue weighted by atomic mass is 32.2. The second-order valence-corrected chi connectivity index (χ2v) is 8.86. The maximum absolute atomic E-state index is 13.4. The van der Waals surface area contributed by atoms with Crippen molar-refractivity contribution in [3.8, 4) is 0 Å². The van der Waals surface area contributed by atoms with Gasteiger partial charge in [-0.05, 0) is 42.8 Å². The summed E-state index contributed by atoms with van der Waals surface area (Å²) in [5.41, 5.74) is 1.52. The molecule has 1 heterocycles. The minimum absolute atomic E-state index is 0.0658. The van der Waals surface area contributed by atoms with Crippen LogP contribution in [0.25, 0.3) is 10.2 Å². The average molecular weight is 392 g/mol. The molecule has 8 heteroatoms. The molecule has 0 aliphatic carbocycles. The molecule has 0 spiro atoms. The van der Waals surface area contributed by atoms with Gasteiger partial charge in [0.05, 0.1) is 21.5 Å². The molecular weight excluding hydrogens is 375 g/mol. The van der Waals surface area contributed by atoms with Crippen molar-refractivity contribution in [2.24, 2.45) is 4.99 Å². The summed E-state index contributed by atoms with van der Waals surface area (Å²) in [6.45, 7) is 2.55. The van der Waals surface area contributed by atoms with Crippen molar-refractivity contribution in [1.29, 1.82) is 0 Å². The minimum Gasteiger partial charge on any atom is -0.317 e. The Kier molecular flexibility index (Phi) is 5.06. The number of nitrogens with zero attached hydrogens (tertiary/aromatic N) is 2. The molecule has 0 aliphatic heterocycles. The molecule has 2 aromatic carbocycles. The number of thiazole rings is 1. The van der Waals surface area contributed by atoms with Crippen LogP contribution in [0.2, 0.25) is 0 Å². The number of hydrogen-bond donors (Lipinski definition) is 0. The van der Waals surface area contributed by atoms with Crippen LogP contribution >= 0.6 is 11.3 Å². The zero-order chi connectivity index (χ0) is 18.9. The van der Waals surface area contributed by atoms with Gasteiger partial charge in [-0.2, -0.15) is 4.99 Å². The number of sulfone groups is 1. The first-order valence-electron chi connectivity index (χ1n) is 7.93. The largest absolute Gasteiger partial charge is 0.317 e. The van der Waals surface area contributed by atoms with Gasteiger partial charge in [0.2, 0.25) is 0 Å². The van der Waals surface area contributed by atoms with Gasteiger partial charge in [-0.15, -0.1) is 0 Å². The minimum atomic E-state index is -3.26. The van der Waals surface area contributed by atoms with E-state index >= 15 is 0 Å². The van der Waals surface area contributed by atoms with Crippen LogP contribution in [0.3, 0.4) is 0 Å². The molecule has 0 saturated carbocycles. The van der Waals surface area contributed by atoms with Gasteiger partial charge in [0, 0.05) is 12.8 Å². The molecule has 1 aromatic heterocycles. The van der Waals surface area contributed by atoms with Crippen molar-refractivity contribution in [3.05, 3.63) is 58.6 Å². The van der Waals surface area contributed by atoms with Gasteiger partial charge in [0.25, 0.3) is 5.91 Å². The van der Waals surface area contributed by atoms with E-state index in [1.807, 2.05) is 11.5 Å². The van der Waals surface area contributed by atoms with Gasteiger partial charge < -0.3 is 4.57 Å². The van der Waals surface area contributed by atoms with Gasteiger partial charge in [0.1, 0.15) is 5.82 Å². The van der Waals surface area contributed by atoms with E-state index in [0.717, 1.165) is 16.5 Å². The van der Waals surface area contributed by atoms with Crippen LogP contribution in [0.5, 0.6) is 0 Å². The Hall–Kier alpha value is -2.32. The normalized spacial score (nSPS) is 12.7. The molecule has 0 aliphatic rings. The molecule has 0 unspecified atom stereocenters. The topological polar surface area (TPSA) is 68.5 Å². The summed E-state index contributed by atoms with van der Waals surface area (Å²) in [6.07, 6.45) is 1.20. The number of aromatic nitrogens is 1. The van der Waals surface area contributed by atoms with E-state index in [9.17, 15) is 17.6 Å². The van der Waals surface area contributed by atoms with E-state index in [1.54, 1.807) is 18.2 Å². The number of aryl methyl sites for hydroxylation is 1. The van der Waals surface area contributed by atoms with Crippen LogP contribution in [0.1, 0.15) is 12.5 Å². The van der Waals surface area contributed by atoms with Crippen LogP contribution in [0.4, 0.5) is 4.39 Å². The molecule has 5 nitrogen and oxygen atoms in total. The van der Waals surface area contributed by atoms with Crippen molar-refractivity contribution in [3.63, 3.8) is 0 Å². The Bertz CT molecular complexity index is 1140. The second kappa shape index (κ2) is 7.13. The van der Waals surface area contributed by atoms with Crippen LogP contribution in [0.15, 0.2) is 52.4 Å². The summed E-state index contributed by atoms with van der Waals surface area (Å²) < 4.78 is 39.0. The molecule has 26 heavy (non-hydrogen) atoms. The van der Waals surface area contributed by atoms with E-state index in [2.05, 4.69) is 4.99 Å². The highest BCUT2D eigenvalue weighted by Gasteiger charge is 2.10. The summed E-state index contributed by atoms with van der Waals surface area (Å²) in [5, 5.41) is 0. The lowest BCUT2D eigenvalue weighted by Gasteiger charge is -2.01. The van der Waals surface area contributed by atoms with Crippen LogP contribution in [0, 0.1) is 5.82 Å². The summed E-state index contributed by atoms with van der Waals surface area (Å²) in [4.78, 5) is 17.2. The van der Waals surface area contributed by atoms with Gasteiger partial charge in [-0.3, -0.25) is 4.79 Å². The lowest BCUT2D eigenvalue weighted by atomic mass is 10.1. The fraction of sp³-hybridized carbons (Fsp3) is 0.222. The Morgan fingerprint density at radius 3 is 2.50 bits per heavy atom. The highest BCUT2D eigenvalue weighted by Crippen LogP contribution is 2.18. The third-order valence-corrected chi connectivity index (χ3v) is 6.06. The smallest absolute Gasteiger partial charge is 0.252 e. The molecule has 0 atom stereocenters. The summed E-state index contributed by atoms with van der Waals surface area (Å²) in [5.74, 6) is -0.669. The van der Waals surface area contributed by atoms with E-state index < -0.39 is 9.84 Å². The van der Waals surface area contributed by atoms with Crippen LogP contribution in [-0.4, -0.2) is 25.1 Å². The second-order valence-electron chi connectivity index (χ2n) is 5.84. The van der Waals surface area contributed by atoms with Gasteiger partial charge >= 0.3 is 0 Å². The maximum Gasteiger partial charge on any atom is 0.252 e. The highest BCUT2D eigenvalue weighted by molar-refractivity contribution is 7.90. The number of halogens is 1. The number of hydrogen-bond acceptors (Lipinski definition) is 4. The predicted molar refractivity (Wildman–Crippen MR) is 99.3 cm³/mol. The lowest BCUT2D eigenvalue weighted by Crippen LogP contribution is -2.16. The molecule has 0 bridgehead atoms. The third-order valence-electron chi connectivity index (χ3n) is 3.89. The van der Waals surface area contributed by atoms with Crippen LogP contribution < -0.4 is 4.80 Å². The van der Waals surface area contributed by atoms with Crippen molar-refractivity contribution >= 4 is 37.3 Å². The molecule has 3 rings (SSSR count). The van der Waals surface area contributed by atoms with Crippen LogP contribution in [-0.2, 0) is 27.6 Å². The summed E-state index contributed by atoms with van der Waals surface area (Å²) in [7, 11) is -3.26. The molecule has 0 N–H and O–H groups in total. The Labute approximate surface area is 154 Å². The zero-order valence-corrected chi connectivity index (χ0v) is 15.9. The third kappa shape index (κ3) is 3.91. The number of fused-ring (bicyclic) bond motifs is 1. The first-order valence-corrected chi connectivity index (χ1v) is 10.6. The molecule has 1 amide bonds. The molecule has 3 aromatic rings. The molecule has 0 radical (unpaired) electrons. The quantitative estimate of drug-likeness (QED) is 0.686. The number of amides is 1. The number of carbonyl (C=O) groups is 1. The molecule has 0 saturated heterocycles. The fourth-order valence-corrected chi connectivity index (χ4v) is 4.38. The summed E-state index contributed by atoms with van der Waals surface area (Å²) in [6, 6.07) is 10.7. The lowest BCUT2D eigenvalue weighted by molar-refractivity contribution is -0.117. The van der Waals surface area contributed by atoms with Crippen molar-refractivity contribution < 1.29 is 17.6 Å². The Morgan fingerprint density at radius 1 is 1.19 bits per heavy atom. The molecule has 136 valence electrons. The van der Waals surface area contributed by atoms with E-state index in [-0.39, 0.29) is 23.0 Å². The molecular formula is C18H17FN2O3S2. The first-order chi connectivity index (χ1) is 12.3. The SMILES string of the molecule is CCn1c(=NC(=O)Cc2ccc(S(C)(=O)=O)cc2)sc2cc(F)ccc21. The van der Waals surface area contributed by atoms with Crippen molar-refractivity contribution in [2.75, 3.05) is 6.26 Å². The van der Waals surface area contributed by atoms with Crippen molar-refractivity contribution in [2.45, 2.75) is 24.8 Å². The maximum atomic E-state index is 13.4. The van der Waals surface area contributed by atoms with Crippen molar-refractivity contribution in [1.82, 2.24) is 4.57 Å². The Morgan fingerprint density at radius 2 is 1.88 bits per heavy atom. The standard InChI is InChI=1S/C18H17FN2O3S2/c1-3-21-15-9-6-13(19)11-16(15)25-18(21)20-17(22)10-12-4-7-14(8-5-12)26(2,23)24/h4-9,11H,3,10H2,1-2H3. The number of benzene rings is 2. The van der Waals surface area contributed by atoms with Gasteiger partial charge in [-0.25, -0.2) is 12.8 Å². The zero-order valence-electron chi connectivity index (χ0n) is 14.3. The predicted octanol–water partition coefficient (Wildman–Crippen LogP) is 2.94. The van der Waals surface area contributed by atoms with Gasteiger partial charge in [-0.1, -0.05) is 23.5 Å². The number of carbonyl (C=O) groups excluding carboxylic acids is 1. The molecule has 0 fully saturated rings. The van der Waals surface area contributed by atoms with E-state index in [1.165, 1.54) is 35.6 Å². The van der Waals surface area contributed by atoms with E-state index in [4.69, 9.17) is 0 Å². The number of rotatable bonds is 4. The fourth-order valence-electron chi connectivity index (χ4n) is 2.61. The Balaban J connectivity index is 1.90. The van der Waals surface area contributed by atoms with Gasteiger partial charge in [0.15, 0.2) is 14.6 Å². The summed E-state index contributed by atoms with van der Waals surface area (Å²) >= 11 is 1.26. The monoisotopic (exact) mass is 392 g/mol. The van der Waals surface area contributed by atoms with E-state index in [0.29, 0.717) is 16.9 Å².